The Kier molecular flexibility index (Phi) is 6.54. The number of aliphatic hydroxyl groups excluding tert-OH is 1. The molecule has 194 valence electrons. The number of fused-ring (bicyclic) bond motifs is 1. The molecule has 0 aliphatic carbocycles. The van der Waals surface area contributed by atoms with Crippen LogP contribution in [0.5, 0.6) is 0 Å². The largest absolute Gasteiger partial charge is 0.433 e. The summed E-state index contributed by atoms with van der Waals surface area (Å²) in [5.41, 5.74) is 1.40. The predicted octanol–water partition coefficient (Wildman–Crippen LogP) is 5.70. The maximum atomic E-state index is 14.2. The minimum Gasteiger partial charge on any atom is -0.385 e. The topological polar surface area (TPSA) is 85.3 Å². The number of hydrogen-bond donors (Lipinski definition) is 1. The van der Waals surface area contributed by atoms with E-state index in [4.69, 9.17) is 11.6 Å². The molecule has 11 heteroatoms. The summed E-state index contributed by atoms with van der Waals surface area (Å²) < 4.78 is 42.3. The first-order valence-corrected chi connectivity index (χ1v) is 12.0. The van der Waals surface area contributed by atoms with Gasteiger partial charge in [-0.15, -0.1) is 10.2 Å². The van der Waals surface area contributed by atoms with E-state index in [1.165, 1.54) is 29.1 Å². The van der Waals surface area contributed by atoms with Gasteiger partial charge in [-0.2, -0.15) is 13.2 Å². The molecule has 0 aliphatic rings. The lowest BCUT2D eigenvalue weighted by Gasteiger charge is -2.19. The van der Waals surface area contributed by atoms with Gasteiger partial charge in [-0.05, 0) is 48.7 Å². The molecule has 0 fully saturated rings. The molecule has 0 aliphatic heterocycles. The Hall–Kier alpha value is -4.02. The molecule has 1 atom stereocenters. The highest BCUT2D eigenvalue weighted by molar-refractivity contribution is 6.30. The van der Waals surface area contributed by atoms with Gasteiger partial charge in [0.25, 0.3) is 5.56 Å². The maximum absolute atomic E-state index is 14.2. The molecule has 38 heavy (non-hydrogen) atoms. The van der Waals surface area contributed by atoms with E-state index < -0.39 is 23.5 Å². The zero-order valence-electron chi connectivity index (χ0n) is 20.2. The fraction of sp³-hybridized carbons (Fsp3) is 0.185. The molecule has 1 N–H and O–H groups in total. The molecular formula is C27H21ClF3N5O2. The highest BCUT2D eigenvalue weighted by atomic mass is 35.5. The zero-order chi connectivity index (χ0) is 27.2. The summed E-state index contributed by atoms with van der Waals surface area (Å²) in [4.78, 5) is 17.9. The normalized spacial score (nSPS) is 12.7. The first kappa shape index (κ1) is 25.6. The van der Waals surface area contributed by atoms with Crippen LogP contribution in [0.3, 0.4) is 0 Å². The Balaban J connectivity index is 1.84. The number of aryl methyl sites for hydroxylation is 1. The van der Waals surface area contributed by atoms with Crippen molar-refractivity contribution in [1.82, 2.24) is 24.4 Å². The van der Waals surface area contributed by atoms with Gasteiger partial charge in [0.05, 0.1) is 12.1 Å². The molecule has 0 saturated heterocycles. The lowest BCUT2D eigenvalue weighted by atomic mass is 9.96. The second-order valence-electron chi connectivity index (χ2n) is 8.79. The van der Waals surface area contributed by atoms with Crippen LogP contribution in [0.15, 0.2) is 71.5 Å². The van der Waals surface area contributed by atoms with Gasteiger partial charge in [0.1, 0.15) is 11.8 Å². The predicted molar refractivity (Wildman–Crippen MR) is 137 cm³/mol. The van der Waals surface area contributed by atoms with Gasteiger partial charge in [-0.25, -0.2) is 14.2 Å². The van der Waals surface area contributed by atoms with Crippen LogP contribution < -0.4 is 5.56 Å². The van der Waals surface area contributed by atoms with Gasteiger partial charge < -0.3 is 5.11 Å². The fourth-order valence-electron chi connectivity index (χ4n) is 4.37. The van der Waals surface area contributed by atoms with Gasteiger partial charge >= 0.3 is 6.18 Å². The number of nitrogens with zero attached hydrogens (tertiary/aromatic N) is 5. The van der Waals surface area contributed by atoms with Crippen molar-refractivity contribution in [2.24, 2.45) is 0 Å². The average Bonchev–Trinajstić information content (AvgIpc) is 3.32. The van der Waals surface area contributed by atoms with Crippen molar-refractivity contribution in [3.8, 4) is 22.3 Å². The van der Waals surface area contributed by atoms with Gasteiger partial charge in [-0.3, -0.25) is 4.79 Å². The van der Waals surface area contributed by atoms with Gasteiger partial charge in [0.2, 0.25) is 0 Å². The van der Waals surface area contributed by atoms with Crippen LogP contribution in [0.2, 0.25) is 5.02 Å². The minimum atomic E-state index is -4.60. The zero-order valence-corrected chi connectivity index (χ0v) is 21.0. The number of hydrogen-bond acceptors (Lipinski definition) is 5. The van der Waals surface area contributed by atoms with Crippen LogP contribution in [-0.2, 0) is 12.7 Å². The Labute approximate surface area is 219 Å². The van der Waals surface area contributed by atoms with Crippen LogP contribution in [0.1, 0.15) is 35.8 Å². The van der Waals surface area contributed by atoms with E-state index in [9.17, 15) is 23.1 Å². The molecule has 3 heterocycles. The van der Waals surface area contributed by atoms with Crippen molar-refractivity contribution in [1.29, 1.82) is 0 Å². The molecule has 0 saturated carbocycles. The molecule has 1 unspecified atom stereocenters. The molecule has 0 spiro atoms. The van der Waals surface area contributed by atoms with Gasteiger partial charge in [-0.1, -0.05) is 60.1 Å². The Morgan fingerprint density at radius 3 is 2.21 bits per heavy atom. The molecule has 3 aromatic heterocycles. The summed E-state index contributed by atoms with van der Waals surface area (Å²) in [6.07, 6.45) is -5.69. The van der Waals surface area contributed by atoms with Crippen molar-refractivity contribution in [3.05, 3.63) is 105 Å². The van der Waals surface area contributed by atoms with E-state index in [0.29, 0.717) is 38.5 Å². The van der Waals surface area contributed by atoms with Crippen LogP contribution in [-0.4, -0.2) is 29.5 Å². The number of aromatic nitrogens is 5. The molecular weight excluding hydrogens is 519 g/mol. The summed E-state index contributed by atoms with van der Waals surface area (Å²) in [7, 11) is 0. The highest BCUT2D eigenvalue weighted by Gasteiger charge is 2.33. The smallest absolute Gasteiger partial charge is 0.385 e. The van der Waals surface area contributed by atoms with Gasteiger partial charge in [0.15, 0.2) is 11.5 Å². The summed E-state index contributed by atoms with van der Waals surface area (Å²) in [6.45, 7) is 2.81. The molecule has 5 rings (SSSR count). The number of rotatable bonds is 5. The van der Waals surface area contributed by atoms with E-state index in [2.05, 4.69) is 15.2 Å². The number of alkyl halides is 3. The van der Waals surface area contributed by atoms with E-state index in [-0.39, 0.29) is 18.1 Å². The van der Waals surface area contributed by atoms with Crippen molar-refractivity contribution in [3.63, 3.8) is 0 Å². The van der Waals surface area contributed by atoms with Crippen molar-refractivity contribution in [2.75, 3.05) is 0 Å². The average molecular weight is 540 g/mol. The summed E-state index contributed by atoms with van der Waals surface area (Å²) >= 11 is 6.11. The first-order valence-electron chi connectivity index (χ1n) is 11.6. The number of aliphatic hydroxyl groups is 1. The molecule has 0 bridgehead atoms. The van der Waals surface area contributed by atoms with Crippen LogP contribution in [0, 0.1) is 6.92 Å². The van der Waals surface area contributed by atoms with Crippen LogP contribution in [0.25, 0.3) is 27.9 Å². The number of halogens is 4. The second kappa shape index (κ2) is 9.70. The maximum Gasteiger partial charge on any atom is 0.433 e. The quantitative estimate of drug-likeness (QED) is 0.309. The van der Waals surface area contributed by atoms with Crippen molar-refractivity contribution < 1.29 is 18.3 Å². The van der Waals surface area contributed by atoms with E-state index in [1.807, 2.05) is 6.07 Å². The van der Waals surface area contributed by atoms with Crippen molar-refractivity contribution >= 4 is 17.2 Å². The fourth-order valence-corrected chi connectivity index (χ4v) is 4.49. The Bertz CT molecular complexity index is 1700. The monoisotopic (exact) mass is 539 g/mol. The number of benzene rings is 2. The third kappa shape index (κ3) is 4.57. The Morgan fingerprint density at radius 2 is 1.61 bits per heavy atom. The second-order valence-corrected chi connectivity index (χ2v) is 9.23. The molecule has 0 amide bonds. The number of pyridine rings is 1. The third-order valence-electron chi connectivity index (χ3n) is 6.20. The lowest BCUT2D eigenvalue weighted by molar-refractivity contribution is -0.141. The summed E-state index contributed by atoms with van der Waals surface area (Å²) in [6, 6.07) is 18.1. The van der Waals surface area contributed by atoms with Gasteiger partial charge in [0, 0.05) is 16.3 Å². The first-order chi connectivity index (χ1) is 18.1. The summed E-state index contributed by atoms with van der Waals surface area (Å²) in [5.74, 6) is 0.101. The summed E-state index contributed by atoms with van der Waals surface area (Å²) in [5, 5.41) is 19.5. The van der Waals surface area contributed by atoms with Crippen LogP contribution >= 0.6 is 11.6 Å². The molecule has 0 radical (unpaired) electrons. The SMILES string of the molecule is Cc1nc(C(F)(F)F)ccc1Cn1c(=O)c(-c2ccccc2)c(-c2ccc(Cl)cc2)c2nnc(C(C)O)n21. The third-order valence-corrected chi connectivity index (χ3v) is 6.45. The van der Waals surface area contributed by atoms with E-state index in [0.717, 1.165) is 6.07 Å². The lowest BCUT2D eigenvalue weighted by Crippen LogP contribution is -2.31. The molecule has 5 aromatic rings. The molecule has 2 aromatic carbocycles. The van der Waals surface area contributed by atoms with E-state index in [1.54, 1.807) is 48.5 Å². The standard InChI is InChI=1S/C27H21ClF3N5O2/c1-15-19(10-13-21(32-15)27(29,30)31)14-35-26(38)23(17-6-4-3-5-7-17)22(18-8-11-20(28)12-9-18)25-34-33-24(16(2)37)36(25)35/h3-13,16,37H,14H2,1-2H3. The minimum absolute atomic E-state index is 0.101. The van der Waals surface area contributed by atoms with E-state index >= 15 is 0 Å². The Morgan fingerprint density at radius 1 is 0.947 bits per heavy atom. The van der Waals surface area contributed by atoms with Crippen molar-refractivity contribution in [2.45, 2.75) is 32.7 Å². The van der Waals surface area contributed by atoms with Crippen LogP contribution in [0.4, 0.5) is 13.2 Å². The molecule has 7 nitrogen and oxygen atoms in total. The highest BCUT2D eigenvalue weighted by Crippen LogP contribution is 2.34.